The van der Waals surface area contributed by atoms with Gasteiger partial charge in [-0.15, -0.1) is 0 Å². The number of ketones is 1. The second-order valence-electron chi connectivity index (χ2n) is 5.90. The number of carbonyl (C=O) groups is 2. The number of halogens is 1. The maximum absolute atomic E-state index is 13.3. The molecule has 0 aromatic heterocycles. The third-order valence-electron chi connectivity index (χ3n) is 4.45. The zero-order valence-electron chi connectivity index (χ0n) is 13.0. The third-order valence-corrected chi connectivity index (χ3v) is 4.45. The average Bonchev–Trinajstić information content (AvgIpc) is 2.51. The zero-order chi connectivity index (χ0) is 16.3. The van der Waals surface area contributed by atoms with Gasteiger partial charge in [-0.2, -0.15) is 0 Å². The zero-order valence-corrected chi connectivity index (χ0v) is 13.0. The molecule has 1 N–H and O–H groups in total. The Kier molecular flexibility index (Phi) is 5.29. The van der Waals surface area contributed by atoms with E-state index in [4.69, 9.17) is 5.11 Å². The van der Waals surface area contributed by atoms with E-state index in [1.807, 2.05) is 6.92 Å². The Morgan fingerprint density at radius 3 is 2.50 bits per heavy atom. The van der Waals surface area contributed by atoms with Gasteiger partial charge in [0.15, 0.2) is 5.78 Å². The summed E-state index contributed by atoms with van der Waals surface area (Å²) >= 11 is 0. The molecule has 1 aliphatic heterocycles. The highest BCUT2D eigenvalue weighted by molar-refractivity contribution is 6.00. The minimum Gasteiger partial charge on any atom is -0.481 e. The first-order valence-corrected chi connectivity index (χ1v) is 7.71. The molecule has 120 valence electrons. The first-order valence-electron chi connectivity index (χ1n) is 7.71. The standard InChI is InChI=1S/C17H22FNO3/c1-3-15(19-8-6-12(7-9-19)17(21)22)16(20)13-4-5-14(18)11(2)10-13/h4-5,10,12,15H,3,6-9H2,1-2H3,(H,21,22). The van der Waals surface area contributed by atoms with Crippen molar-refractivity contribution < 1.29 is 19.1 Å². The quantitative estimate of drug-likeness (QED) is 0.850. The Hall–Kier alpha value is -1.75. The summed E-state index contributed by atoms with van der Waals surface area (Å²) in [6.07, 6.45) is 1.80. The number of hydrogen-bond donors (Lipinski definition) is 1. The lowest BCUT2D eigenvalue weighted by molar-refractivity contribution is -0.143. The van der Waals surface area contributed by atoms with Crippen LogP contribution >= 0.6 is 0 Å². The van der Waals surface area contributed by atoms with Gasteiger partial charge in [-0.25, -0.2) is 4.39 Å². The minimum absolute atomic E-state index is 0.0145. The van der Waals surface area contributed by atoms with Gasteiger partial charge in [0.2, 0.25) is 0 Å². The molecule has 1 aliphatic rings. The van der Waals surface area contributed by atoms with Crippen LogP contribution in [0.1, 0.15) is 42.1 Å². The summed E-state index contributed by atoms with van der Waals surface area (Å²) in [7, 11) is 0. The smallest absolute Gasteiger partial charge is 0.306 e. The lowest BCUT2D eigenvalue weighted by atomic mass is 9.93. The first-order chi connectivity index (χ1) is 10.4. The molecule has 5 heteroatoms. The first kappa shape index (κ1) is 16.6. The maximum Gasteiger partial charge on any atom is 0.306 e. The summed E-state index contributed by atoms with van der Waals surface area (Å²) < 4.78 is 13.3. The van der Waals surface area contributed by atoms with Crippen LogP contribution in [0.3, 0.4) is 0 Å². The van der Waals surface area contributed by atoms with Gasteiger partial charge >= 0.3 is 5.97 Å². The van der Waals surface area contributed by atoms with Gasteiger partial charge in [-0.3, -0.25) is 14.5 Å². The number of carboxylic acids is 1. The topological polar surface area (TPSA) is 57.6 Å². The maximum atomic E-state index is 13.3. The van der Waals surface area contributed by atoms with Crippen molar-refractivity contribution in [1.29, 1.82) is 0 Å². The van der Waals surface area contributed by atoms with Crippen LogP contribution in [-0.4, -0.2) is 40.9 Å². The van der Waals surface area contributed by atoms with Gasteiger partial charge in [0.1, 0.15) is 5.82 Å². The molecular formula is C17H22FNO3. The van der Waals surface area contributed by atoms with Crippen LogP contribution in [0, 0.1) is 18.7 Å². The van der Waals surface area contributed by atoms with E-state index in [-0.39, 0.29) is 23.6 Å². The van der Waals surface area contributed by atoms with Crippen LogP contribution in [0.15, 0.2) is 18.2 Å². The fourth-order valence-corrected chi connectivity index (χ4v) is 3.06. The van der Waals surface area contributed by atoms with Gasteiger partial charge in [-0.05, 0) is 63.0 Å². The summed E-state index contributed by atoms with van der Waals surface area (Å²) in [5, 5.41) is 9.04. The van der Waals surface area contributed by atoms with Crippen LogP contribution in [0.25, 0.3) is 0 Å². The number of hydrogen-bond acceptors (Lipinski definition) is 3. The van der Waals surface area contributed by atoms with Gasteiger partial charge in [0.25, 0.3) is 0 Å². The normalized spacial score (nSPS) is 18.1. The SMILES string of the molecule is CCC(C(=O)c1ccc(F)c(C)c1)N1CCC(C(=O)O)CC1. The summed E-state index contributed by atoms with van der Waals surface area (Å²) in [4.78, 5) is 25.7. The van der Waals surface area contributed by atoms with E-state index >= 15 is 0 Å². The fraction of sp³-hybridized carbons (Fsp3) is 0.529. The molecule has 1 atom stereocenters. The molecule has 1 aromatic rings. The van der Waals surface area contributed by atoms with Crippen LogP contribution < -0.4 is 0 Å². The van der Waals surface area contributed by atoms with Crippen molar-refractivity contribution in [2.75, 3.05) is 13.1 Å². The highest BCUT2D eigenvalue weighted by Gasteiger charge is 2.31. The van der Waals surface area contributed by atoms with E-state index in [1.165, 1.54) is 12.1 Å². The lowest BCUT2D eigenvalue weighted by Gasteiger charge is -2.35. The van der Waals surface area contributed by atoms with E-state index in [0.29, 0.717) is 43.5 Å². The Labute approximate surface area is 129 Å². The van der Waals surface area contributed by atoms with Gasteiger partial charge in [0, 0.05) is 5.56 Å². The number of Topliss-reactive ketones (excluding diaryl/α,β-unsaturated/α-hetero) is 1. The van der Waals surface area contributed by atoms with Crippen LogP contribution in [-0.2, 0) is 4.79 Å². The summed E-state index contributed by atoms with van der Waals surface area (Å²) in [6.45, 7) is 4.82. The Balaban J connectivity index is 2.09. The second-order valence-corrected chi connectivity index (χ2v) is 5.90. The van der Waals surface area contributed by atoms with Crippen molar-refractivity contribution in [3.63, 3.8) is 0 Å². The summed E-state index contributed by atoms with van der Waals surface area (Å²) in [6, 6.07) is 4.17. The molecule has 0 saturated carbocycles. The van der Waals surface area contributed by atoms with Crippen molar-refractivity contribution in [3.8, 4) is 0 Å². The molecule has 0 amide bonds. The predicted octanol–water partition coefficient (Wildman–Crippen LogP) is 2.89. The lowest BCUT2D eigenvalue weighted by Crippen LogP contribution is -2.46. The van der Waals surface area contributed by atoms with E-state index < -0.39 is 5.97 Å². The van der Waals surface area contributed by atoms with Crippen molar-refractivity contribution in [2.24, 2.45) is 5.92 Å². The van der Waals surface area contributed by atoms with Crippen molar-refractivity contribution in [2.45, 2.75) is 39.2 Å². The number of piperidine rings is 1. The van der Waals surface area contributed by atoms with Crippen molar-refractivity contribution >= 4 is 11.8 Å². The summed E-state index contributed by atoms with van der Waals surface area (Å²) in [5.74, 6) is -1.39. The molecule has 1 saturated heterocycles. The highest BCUT2D eigenvalue weighted by atomic mass is 19.1. The fourth-order valence-electron chi connectivity index (χ4n) is 3.06. The molecule has 22 heavy (non-hydrogen) atoms. The molecule has 0 bridgehead atoms. The van der Waals surface area contributed by atoms with E-state index in [9.17, 15) is 14.0 Å². The molecule has 1 aromatic carbocycles. The Bertz CT molecular complexity index is 565. The Morgan fingerprint density at radius 1 is 1.36 bits per heavy atom. The monoisotopic (exact) mass is 307 g/mol. The van der Waals surface area contributed by atoms with Crippen LogP contribution in [0.4, 0.5) is 4.39 Å². The number of carbonyl (C=O) groups excluding carboxylic acids is 1. The largest absolute Gasteiger partial charge is 0.481 e. The highest BCUT2D eigenvalue weighted by Crippen LogP contribution is 2.22. The predicted molar refractivity (Wildman–Crippen MR) is 81.5 cm³/mol. The van der Waals surface area contributed by atoms with Crippen molar-refractivity contribution in [1.82, 2.24) is 4.90 Å². The van der Waals surface area contributed by atoms with Gasteiger partial charge in [-0.1, -0.05) is 6.92 Å². The van der Waals surface area contributed by atoms with Gasteiger partial charge < -0.3 is 5.11 Å². The molecule has 1 fully saturated rings. The molecule has 4 nitrogen and oxygen atoms in total. The average molecular weight is 307 g/mol. The number of aliphatic carboxylic acids is 1. The van der Waals surface area contributed by atoms with Crippen LogP contribution in [0.5, 0.6) is 0 Å². The molecular weight excluding hydrogens is 285 g/mol. The number of likely N-dealkylation sites (tertiary alicyclic amines) is 1. The number of carboxylic acid groups (broad SMARTS) is 1. The summed E-state index contributed by atoms with van der Waals surface area (Å²) in [5.41, 5.74) is 0.983. The number of aryl methyl sites for hydroxylation is 1. The number of nitrogens with zero attached hydrogens (tertiary/aromatic N) is 1. The number of benzene rings is 1. The molecule has 0 radical (unpaired) electrons. The van der Waals surface area contributed by atoms with Crippen LogP contribution in [0.2, 0.25) is 0 Å². The third kappa shape index (κ3) is 3.53. The van der Waals surface area contributed by atoms with E-state index in [1.54, 1.807) is 13.0 Å². The molecule has 0 aliphatic carbocycles. The van der Waals surface area contributed by atoms with Crippen molar-refractivity contribution in [3.05, 3.63) is 35.1 Å². The minimum atomic E-state index is -0.756. The van der Waals surface area contributed by atoms with E-state index in [2.05, 4.69) is 4.90 Å². The van der Waals surface area contributed by atoms with E-state index in [0.717, 1.165) is 0 Å². The Morgan fingerprint density at radius 2 is 2.00 bits per heavy atom. The van der Waals surface area contributed by atoms with Gasteiger partial charge in [0.05, 0.1) is 12.0 Å². The molecule has 1 heterocycles. The molecule has 0 spiro atoms. The second kappa shape index (κ2) is 7.01. The molecule has 1 unspecified atom stereocenters. The molecule has 2 rings (SSSR count). The number of rotatable bonds is 5.